The van der Waals surface area contributed by atoms with Crippen molar-refractivity contribution in [1.29, 1.82) is 0 Å². The monoisotopic (exact) mass is 397 g/mol. The number of carbonyl (C=O) groups is 3. The van der Waals surface area contributed by atoms with E-state index >= 15 is 0 Å². The van der Waals surface area contributed by atoms with Gasteiger partial charge in [0.25, 0.3) is 0 Å². The van der Waals surface area contributed by atoms with Crippen LogP contribution in [0.4, 0.5) is 5.69 Å². The van der Waals surface area contributed by atoms with Crippen LogP contribution in [-0.2, 0) is 20.9 Å². The van der Waals surface area contributed by atoms with Crippen LogP contribution < -0.4 is 10.2 Å². The summed E-state index contributed by atoms with van der Waals surface area (Å²) in [4.78, 5) is 41.2. The zero-order chi connectivity index (χ0) is 19.9. The van der Waals surface area contributed by atoms with Gasteiger partial charge in [0.2, 0.25) is 17.7 Å². The van der Waals surface area contributed by atoms with E-state index in [1.54, 1.807) is 4.90 Å². The molecule has 1 N–H and O–H groups in total. The van der Waals surface area contributed by atoms with Crippen LogP contribution in [0.15, 0.2) is 59.5 Å². The Labute approximate surface area is 168 Å². The Hall–Kier alpha value is -2.80. The predicted octanol–water partition coefficient (Wildman–Crippen LogP) is 2.29. The van der Waals surface area contributed by atoms with Gasteiger partial charge in [-0.25, -0.2) is 0 Å². The molecule has 2 aromatic carbocycles. The summed E-state index contributed by atoms with van der Waals surface area (Å²) >= 11 is 1.47. The highest BCUT2D eigenvalue weighted by atomic mass is 32.2. The van der Waals surface area contributed by atoms with Gasteiger partial charge in [-0.2, -0.15) is 0 Å². The maximum Gasteiger partial charge on any atom is 0.242 e. The number of para-hydroxylation sites is 1. The molecular weight excluding hydrogens is 374 g/mol. The van der Waals surface area contributed by atoms with Crippen LogP contribution in [0, 0.1) is 0 Å². The summed E-state index contributed by atoms with van der Waals surface area (Å²) in [6.45, 7) is 2.79. The number of rotatable bonds is 7. The van der Waals surface area contributed by atoms with Gasteiger partial charge in [0, 0.05) is 18.0 Å². The Morgan fingerprint density at radius 3 is 2.57 bits per heavy atom. The summed E-state index contributed by atoms with van der Waals surface area (Å²) in [5, 5.41) is 2.65. The van der Waals surface area contributed by atoms with Gasteiger partial charge in [0.05, 0.1) is 18.0 Å². The Balaban J connectivity index is 1.55. The van der Waals surface area contributed by atoms with Crippen LogP contribution in [-0.4, -0.2) is 48.0 Å². The average molecular weight is 398 g/mol. The molecule has 3 rings (SSSR count). The summed E-state index contributed by atoms with van der Waals surface area (Å²) < 4.78 is 0. The zero-order valence-electron chi connectivity index (χ0n) is 15.8. The number of hydrogen-bond acceptors (Lipinski definition) is 4. The number of benzene rings is 2. The Bertz CT molecular complexity index is 857. The number of hydrogen-bond donors (Lipinski definition) is 1. The van der Waals surface area contributed by atoms with Crippen molar-refractivity contribution >= 4 is 35.2 Å². The number of carbonyl (C=O) groups excluding carboxylic acids is 3. The minimum atomic E-state index is -0.348. The largest absolute Gasteiger partial charge is 0.345 e. The fraction of sp³-hybridized carbons (Fsp3) is 0.286. The Kier molecular flexibility index (Phi) is 6.71. The number of nitrogens with one attached hydrogen (secondary N) is 1. The molecule has 0 bridgehead atoms. The second kappa shape index (κ2) is 9.41. The first kappa shape index (κ1) is 19.9. The second-order valence-corrected chi connectivity index (χ2v) is 7.42. The molecular formula is C21H23N3O3S. The molecule has 0 spiro atoms. The second-order valence-electron chi connectivity index (χ2n) is 6.41. The molecule has 0 atom stereocenters. The molecule has 2 aromatic rings. The van der Waals surface area contributed by atoms with Crippen molar-refractivity contribution in [1.82, 2.24) is 10.2 Å². The van der Waals surface area contributed by atoms with E-state index in [4.69, 9.17) is 0 Å². The number of fused-ring (bicyclic) bond motifs is 1. The highest BCUT2D eigenvalue weighted by Crippen LogP contribution is 2.34. The molecule has 0 saturated heterocycles. The van der Waals surface area contributed by atoms with Crippen molar-refractivity contribution in [3.05, 3.63) is 60.2 Å². The minimum absolute atomic E-state index is 0.0854. The minimum Gasteiger partial charge on any atom is -0.345 e. The standard InChI is InChI=1S/C21H23N3O3S/c1-2-23(13-16-8-4-3-5-9-16)20(26)12-22-19(25)14-24-17-10-6-7-11-18(17)28-15-21(24)27/h3-11H,2,12-15H2,1H3,(H,22,25). The van der Waals surface area contributed by atoms with E-state index in [1.807, 2.05) is 61.5 Å². The lowest BCUT2D eigenvalue weighted by atomic mass is 10.2. The third kappa shape index (κ3) is 4.92. The van der Waals surface area contributed by atoms with Crippen molar-refractivity contribution in [2.45, 2.75) is 18.4 Å². The van der Waals surface area contributed by atoms with Gasteiger partial charge in [-0.3, -0.25) is 14.4 Å². The molecule has 0 unspecified atom stereocenters. The van der Waals surface area contributed by atoms with Gasteiger partial charge >= 0.3 is 0 Å². The summed E-state index contributed by atoms with van der Waals surface area (Å²) in [6.07, 6.45) is 0. The number of likely N-dealkylation sites (N-methyl/N-ethyl adjacent to an activating group) is 1. The van der Waals surface area contributed by atoms with E-state index in [-0.39, 0.29) is 30.8 Å². The molecule has 28 heavy (non-hydrogen) atoms. The molecule has 0 saturated carbocycles. The smallest absolute Gasteiger partial charge is 0.242 e. The Morgan fingerprint density at radius 2 is 1.82 bits per heavy atom. The molecule has 0 radical (unpaired) electrons. The molecule has 6 nitrogen and oxygen atoms in total. The molecule has 1 aliphatic heterocycles. The normalized spacial score (nSPS) is 13.0. The average Bonchev–Trinajstić information content (AvgIpc) is 2.73. The highest BCUT2D eigenvalue weighted by molar-refractivity contribution is 8.00. The van der Waals surface area contributed by atoms with Crippen LogP contribution in [0.25, 0.3) is 0 Å². The first-order chi connectivity index (χ1) is 13.6. The molecule has 0 aliphatic carbocycles. The van der Waals surface area contributed by atoms with Crippen molar-refractivity contribution in [2.24, 2.45) is 0 Å². The van der Waals surface area contributed by atoms with Crippen LogP contribution in [0.5, 0.6) is 0 Å². The fourth-order valence-electron chi connectivity index (χ4n) is 2.99. The van der Waals surface area contributed by atoms with Gasteiger partial charge in [-0.05, 0) is 24.6 Å². The van der Waals surface area contributed by atoms with E-state index in [0.717, 1.165) is 16.1 Å². The highest BCUT2D eigenvalue weighted by Gasteiger charge is 2.26. The molecule has 1 heterocycles. The van der Waals surface area contributed by atoms with Crippen LogP contribution in [0.1, 0.15) is 12.5 Å². The number of amides is 3. The maximum atomic E-state index is 12.5. The number of anilines is 1. The maximum absolute atomic E-state index is 12.5. The fourth-order valence-corrected chi connectivity index (χ4v) is 3.93. The van der Waals surface area contributed by atoms with E-state index in [9.17, 15) is 14.4 Å². The van der Waals surface area contributed by atoms with Gasteiger partial charge in [-0.15, -0.1) is 11.8 Å². The molecule has 7 heteroatoms. The summed E-state index contributed by atoms with van der Waals surface area (Å²) in [5.41, 5.74) is 1.78. The number of nitrogens with zero attached hydrogens (tertiary/aromatic N) is 2. The van der Waals surface area contributed by atoms with Crippen molar-refractivity contribution in [2.75, 3.05) is 30.3 Å². The third-order valence-electron chi connectivity index (χ3n) is 4.50. The topological polar surface area (TPSA) is 69.7 Å². The van der Waals surface area contributed by atoms with Gasteiger partial charge in [0.1, 0.15) is 6.54 Å². The number of thioether (sulfide) groups is 1. The van der Waals surface area contributed by atoms with Crippen LogP contribution >= 0.6 is 11.8 Å². The molecule has 0 aromatic heterocycles. The van der Waals surface area contributed by atoms with Gasteiger partial charge in [-0.1, -0.05) is 42.5 Å². The lowest BCUT2D eigenvalue weighted by Crippen LogP contribution is -2.46. The van der Waals surface area contributed by atoms with Crippen LogP contribution in [0.2, 0.25) is 0 Å². The van der Waals surface area contributed by atoms with Crippen molar-refractivity contribution < 1.29 is 14.4 Å². The first-order valence-electron chi connectivity index (χ1n) is 9.19. The molecule has 146 valence electrons. The molecule has 0 fully saturated rings. The summed E-state index contributed by atoms with van der Waals surface area (Å²) in [7, 11) is 0. The zero-order valence-corrected chi connectivity index (χ0v) is 16.6. The van der Waals surface area contributed by atoms with E-state index < -0.39 is 0 Å². The summed E-state index contributed by atoms with van der Waals surface area (Å²) in [5.74, 6) is -0.298. The van der Waals surface area contributed by atoms with Crippen molar-refractivity contribution in [3.63, 3.8) is 0 Å². The lowest BCUT2D eigenvalue weighted by molar-refractivity contribution is -0.133. The van der Waals surface area contributed by atoms with Gasteiger partial charge in [0.15, 0.2) is 0 Å². The van der Waals surface area contributed by atoms with Crippen molar-refractivity contribution in [3.8, 4) is 0 Å². The van der Waals surface area contributed by atoms with Gasteiger partial charge < -0.3 is 15.1 Å². The van der Waals surface area contributed by atoms with E-state index in [0.29, 0.717) is 18.8 Å². The predicted molar refractivity (Wildman–Crippen MR) is 110 cm³/mol. The van der Waals surface area contributed by atoms with E-state index in [1.165, 1.54) is 16.7 Å². The SMILES string of the molecule is CCN(Cc1ccccc1)C(=O)CNC(=O)CN1C(=O)CSc2ccccc21. The molecule has 3 amide bonds. The summed E-state index contributed by atoms with van der Waals surface area (Å²) in [6, 6.07) is 17.2. The quantitative estimate of drug-likeness (QED) is 0.778. The Morgan fingerprint density at radius 1 is 1.11 bits per heavy atom. The van der Waals surface area contributed by atoms with Crippen LogP contribution in [0.3, 0.4) is 0 Å². The third-order valence-corrected chi connectivity index (χ3v) is 5.54. The molecule has 1 aliphatic rings. The lowest BCUT2D eigenvalue weighted by Gasteiger charge is -2.28. The first-order valence-corrected chi connectivity index (χ1v) is 10.2. The van der Waals surface area contributed by atoms with E-state index in [2.05, 4.69) is 5.32 Å².